The predicted molar refractivity (Wildman–Crippen MR) is 129 cm³/mol. The number of furan rings is 1. The fourth-order valence-electron chi connectivity index (χ4n) is 3.85. The number of benzene rings is 1. The van der Waals surface area contributed by atoms with Gasteiger partial charge in [0.15, 0.2) is 11.5 Å². The van der Waals surface area contributed by atoms with Crippen LogP contribution in [0.15, 0.2) is 51.2 Å². The molecule has 180 valence electrons. The molecule has 1 unspecified atom stereocenters. The van der Waals surface area contributed by atoms with Gasteiger partial charge in [-0.2, -0.15) is 0 Å². The Hall–Kier alpha value is -3.18. The van der Waals surface area contributed by atoms with E-state index < -0.39 is 6.10 Å². The lowest BCUT2D eigenvalue weighted by Gasteiger charge is -2.23. The van der Waals surface area contributed by atoms with E-state index >= 15 is 0 Å². The molecule has 0 saturated carbocycles. The van der Waals surface area contributed by atoms with Crippen LogP contribution in [0.5, 0.6) is 11.5 Å². The summed E-state index contributed by atoms with van der Waals surface area (Å²) < 4.78 is 21.2. The lowest BCUT2D eigenvalue weighted by molar-refractivity contribution is 0.0317. The number of thiophene rings is 1. The summed E-state index contributed by atoms with van der Waals surface area (Å²) >= 11 is 1.41. The molecule has 0 aliphatic carbocycles. The van der Waals surface area contributed by atoms with Crippen LogP contribution in [0.1, 0.15) is 11.6 Å². The molecule has 0 aliphatic rings. The van der Waals surface area contributed by atoms with Crippen LogP contribution in [0.4, 0.5) is 0 Å². The summed E-state index contributed by atoms with van der Waals surface area (Å²) in [5.41, 5.74) is 1.40. The second-order valence-electron chi connectivity index (χ2n) is 7.77. The predicted octanol–water partition coefficient (Wildman–Crippen LogP) is 3.27. The summed E-state index contributed by atoms with van der Waals surface area (Å²) in [6, 6.07) is 9.22. The molecular weight excluding hydrogens is 458 g/mol. The highest BCUT2D eigenvalue weighted by Gasteiger charge is 2.18. The van der Waals surface area contributed by atoms with E-state index in [0.717, 1.165) is 16.9 Å². The molecule has 0 radical (unpaired) electrons. The van der Waals surface area contributed by atoms with Gasteiger partial charge in [-0.15, -0.1) is 11.3 Å². The fraction of sp³-hybridized carbons (Fsp3) is 0.333. The van der Waals surface area contributed by atoms with Gasteiger partial charge in [0, 0.05) is 24.6 Å². The molecule has 1 atom stereocenters. The van der Waals surface area contributed by atoms with Crippen molar-refractivity contribution in [2.45, 2.75) is 19.2 Å². The number of H-pyrrole nitrogens is 1. The Balaban J connectivity index is 1.63. The number of hydrogen-bond acceptors (Lipinski definition) is 9. The maximum atomic E-state index is 13.1. The molecule has 9 nitrogen and oxygen atoms in total. The lowest BCUT2D eigenvalue weighted by atomic mass is 10.1. The first-order chi connectivity index (χ1) is 16.5. The third-order valence-corrected chi connectivity index (χ3v) is 6.22. The number of methoxy groups -OCH3 is 3. The monoisotopic (exact) mass is 485 g/mol. The number of fused-ring (bicyclic) bond motifs is 1. The first kappa shape index (κ1) is 24.0. The van der Waals surface area contributed by atoms with Crippen molar-refractivity contribution in [2.24, 2.45) is 0 Å². The summed E-state index contributed by atoms with van der Waals surface area (Å²) in [6.07, 6.45) is 0.917. The van der Waals surface area contributed by atoms with Crippen molar-refractivity contribution in [3.63, 3.8) is 0 Å². The van der Waals surface area contributed by atoms with Crippen LogP contribution in [-0.2, 0) is 17.8 Å². The highest BCUT2D eigenvalue weighted by molar-refractivity contribution is 7.17. The second kappa shape index (κ2) is 10.8. The summed E-state index contributed by atoms with van der Waals surface area (Å²) in [4.78, 5) is 23.3. The molecule has 0 bridgehead atoms. The maximum absolute atomic E-state index is 13.1. The molecule has 4 rings (SSSR count). The maximum Gasteiger partial charge on any atom is 0.260 e. The number of hydrogen-bond donors (Lipinski definition) is 2. The van der Waals surface area contributed by atoms with Gasteiger partial charge in [-0.3, -0.25) is 9.69 Å². The Morgan fingerprint density at radius 3 is 2.71 bits per heavy atom. The molecule has 2 N–H and O–H groups in total. The third-order valence-electron chi connectivity index (χ3n) is 5.35. The molecule has 0 saturated heterocycles. The van der Waals surface area contributed by atoms with Crippen LogP contribution in [0.25, 0.3) is 21.3 Å². The number of ether oxygens (including phenoxy) is 3. The molecule has 10 heteroatoms. The van der Waals surface area contributed by atoms with E-state index in [-0.39, 0.29) is 12.2 Å². The molecule has 4 aromatic rings. The highest BCUT2D eigenvalue weighted by Crippen LogP contribution is 2.36. The van der Waals surface area contributed by atoms with E-state index in [1.807, 2.05) is 40.6 Å². The number of aliphatic hydroxyl groups is 1. The van der Waals surface area contributed by atoms with Crippen molar-refractivity contribution < 1.29 is 23.7 Å². The van der Waals surface area contributed by atoms with E-state index in [1.165, 1.54) is 11.3 Å². The molecule has 3 heterocycles. The van der Waals surface area contributed by atoms with Crippen LogP contribution >= 0.6 is 11.3 Å². The van der Waals surface area contributed by atoms with Crippen LogP contribution in [0.2, 0.25) is 0 Å². The van der Waals surface area contributed by atoms with Crippen molar-refractivity contribution in [2.75, 3.05) is 34.5 Å². The van der Waals surface area contributed by atoms with Gasteiger partial charge in [0.2, 0.25) is 0 Å². The average Bonchev–Trinajstić information content (AvgIpc) is 3.49. The smallest absolute Gasteiger partial charge is 0.260 e. The van der Waals surface area contributed by atoms with Gasteiger partial charge in [0.05, 0.1) is 51.7 Å². The van der Waals surface area contributed by atoms with Crippen LogP contribution in [0.3, 0.4) is 0 Å². The van der Waals surface area contributed by atoms with Crippen molar-refractivity contribution in [1.82, 2.24) is 14.9 Å². The number of aliphatic hydroxyl groups excluding tert-OH is 1. The van der Waals surface area contributed by atoms with E-state index in [2.05, 4.69) is 4.98 Å². The summed E-state index contributed by atoms with van der Waals surface area (Å²) in [5, 5.41) is 12.7. The van der Waals surface area contributed by atoms with Gasteiger partial charge in [-0.1, -0.05) is 6.07 Å². The summed E-state index contributed by atoms with van der Waals surface area (Å²) in [6.45, 7) is 1.32. The Kier molecular flexibility index (Phi) is 7.63. The normalized spacial score (nSPS) is 12.4. The van der Waals surface area contributed by atoms with Gasteiger partial charge in [0.25, 0.3) is 5.56 Å². The number of rotatable bonds is 11. The van der Waals surface area contributed by atoms with Crippen molar-refractivity contribution in [1.29, 1.82) is 0 Å². The molecule has 3 aromatic heterocycles. The minimum Gasteiger partial charge on any atom is -0.493 e. The fourth-order valence-corrected chi connectivity index (χ4v) is 4.81. The topological polar surface area (TPSA) is 110 Å². The van der Waals surface area contributed by atoms with Gasteiger partial charge >= 0.3 is 0 Å². The second-order valence-corrected chi connectivity index (χ2v) is 8.63. The molecule has 0 amide bonds. The summed E-state index contributed by atoms with van der Waals surface area (Å²) in [5.74, 6) is 2.46. The minimum atomic E-state index is -0.686. The zero-order valence-corrected chi connectivity index (χ0v) is 20.1. The number of nitrogens with one attached hydrogen (secondary N) is 1. The number of nitrogens with zero attached hydrogens (tertiary/aromatic N) is 2. The summed E-state index contributed by atoms with van der Waals surface area (Å²) in [7, 11) is 4.70. The van der Waals surface area contributed by atoms with E-state index in [1.54, 1.807) is 27.6 Å². The molecule has 1 aromatic carbocycles. The molecule has 34 heavy (non-hydrogen) atoms. The zero-order chi connectivity index (χ0) is 24.1. The molecule has 0 aliphatic heterocycles. The standard InChI is InChI=1S/C24H27N3O6S/c1-30-13-16(28)10-27(11-17-5-4-8-33-17)12-21-25-23(29)22-18(14-34-24(22)26-21)15-6-7-19(31-2)20(9-15)32-3/h4-9,14,16,28H,10-13H2,1-3H3,(H,25,26,29). The first-order valence-corrected chi connectivity index (χ1v) is 11.5. The third kappa shape index (κ3) is 5.31. The molecule has 0 fully saturated rings. The van der Waals surface area contributed by atoms with Gasteiger partial charge < -0.3 is 28.7 Å². The number of aromatic amines is 1. The van der Waals surface area contributed by atoms with Crippen molar-refractivity contribution >= 4 is 21.6 Å². The Morgan fingerprint density at radius 1 is 1.18 bits per heavy atom. The molecule has 0 spiro atoms. The van der Waals surface area contributed by atoms with E-state index in [0.29, 0.717) is 47.2 Å². The lowest BCUT2D eigenvalue weighted by Crippen LogP contribution is -2.35. The van der Waals surface area contributed by atoms with Crippen LogP contribution < -0.4 is 15.0 Å². The van der Waals surface area contributed by atoms with Crippen LogP contribution in [0, 0.1) is 0 Å². The Bertz CT molecular complexity index is 1280. The van der Waals surface area contributed by atoms with E-state index in [9.17, 15) is 9.90 Å². The van der Waals surface area contributed by atoms with Crippen molar-refractivity contribution in [3.05, 3.63) is 63.9 Å². The quantitative estimate of drug-likeness (QED) is 0.333. The van der Waals surface area contributed by atoms with Crippen molar-refractivity contribution in [3.8, 4) is 22.6 Å². The highest BCUT2D eigenvalue weighted by atomic mass is 32.1. The van der Waals surface area contributed by atoms with Gasteiger partial charge in [-0.25, -0.2) is 4.98 Å². The SMILES string of the molecule is COCC(O)CN(Cc1nc2scc(-c3ccc(OC)c(OC)c3)c2c(=O)[nH]1)Cc1ccco1. The zero-order valence-electron chi connectivity index (χ0n) is 19.2. The Labute approximate surface area is 200 Å². The Morgan fingerprint density at radius 2 is 2.00 bits per heavy atom. The number of aromatic nitrogens is 2. The molecular formula is C24H27N3O6S. The largest absolute Gasteiger partial charge is 0.493 e. The first-order valence-electron chi connectivity index (χ1n) is 10.7. The van der Waals surface area contributed by atoms with E-state index in [4.69, 9.17) is 23.6 Å². The minimum absolute atomic E-state index is 0.206. The van der Waals surface area contributed by atoms with Gasteiger partial charge in [0.1, 0.15) is 16.4 Å². The van der Waals surface area contributed by atoms with Gasteiger partial charge in [-0.05, 0) is 29.8 Å². The van der Waals surface area contributed by atoms with Crippen LogP contribution in [-0.4, -0.2) is 60.6 Å². The average molecular weight is 486 g/mol.